The van der Waals surface area contributed by atoms with Crippen LogP contribution in [0.1, 0.15) is 64.5 Å². The Labute approximate surface area is 157 Å². The molecule has 0 bridgehead atoms. The van der Waals surface area contributed by atoms with Crippen molar-refractivity contribution in [3.63, 3.8) is 0 Å². The minimum absolute atomic E-state index is 0.114. The zero-order valence-corrected chi connectivity index (χ0v) is 16.0. The first-order chi connectivity index (χ1) is 12.6. The van der Waals surface area contributed by atoms with Crippen LogP contribution < -0.4 is 5.32 Å². The number of aromatic nitrogens is 1. The second-order valence-corrected chi connectivity index (χ2v) is 6.51. The van der Waals surface area contributed by atoms with E-state index in [1.807, 2.05) is 0 Å². The average molecular weight is 372 g/mol. The SMILES string of the molecule is CC(=O)c1cccc(NC(=O)[C@@H](C)OC(=O)c2[nH]c(C)c([C@H](C)O)c2C)c1. The smallest absolute Gasteiger partial charge is 0.355 e. The van der Waals surface area contributed by atoms with Gasteiger partial charge in [0.25, 0.3) is 5.91 Å². The monoisotopic (exact) mass is 372 g/mol. The van der Waals surface area contributed by atoms with Gasteiger partial charge in [-0.15, -0.1) is 0 Å². The molecule has 0 unspecified atom stereocenters. The Kier molecular flexibility index (Phi) is 6.17. The van der Waals surface area contributed by atoms with Crippen LogP contribution >= 0.6 is 0 Å². The normalized spacial score (nSPS) is 13.0. The fraction of sp³-hybridized carbons (Fsp3) is 0.350. The maximum atomic E-state index is 12.4. The number of aliphatic hydroxyl groups excluding tert-OH is 1. The number of ether oxygens (including phenoxy) is 1. The summed E-state index contributed by atoms with van der Waals surface area (Å²) in [6, 6.07) is 6.51. The van der Waals surface area contributed by atoms with E-state index in [-0.39, 0.29) is 11.5 Å². The van der Waals surface area contributed by atoms with Crippen molar-refractivity contribution < 1.29 is 24.2 Å². The van der Waals surface area contributed by atoms with Gasteiger partial charge in [-0.25, -0.2) is 4.79 Å². The van der Waals surface area contributed by atoms with Gasteiger partial charge in [0.2, 0.25) is 0 Å². The molecule has 0 saturated carbocycles. The van der Waals surface area contributed by atoms with Gasteiger partial charge in [-0.1, -0.05) is 12.1 Å². The van der Waals surface area contributed by atoms with Gasteiger partial charge in [-0.2, -0.15) is 0 Å². The number of carbonyl (C=O) groups excluding carboxylic acids is 3. The van der Waals surface area contributed by atoms with Crippen LogP contribution in [0.5, 0.6) is 0 Å². The van der Waals surface area contributed by atoms with Crippen LogP contribution in [0.4, 0.5) is 5.69 Å². The van der Waals surface area contributed by atoms with Crippen molar-refractivity contribution in [1.82, 2.24) is 4.98 Å². The van der Waals surface area contributed by atoms with Crippen LogP contribution in [-0.4, -0.2) is 33.9 Å². The third-order valence-corrected chi connectivity index (χ3v) is 4.31. The van der Waals surface area contributed by atoms with Gasteiger partial charge >= 0.3 is 5.97 Å². The number of esters is 1. The Morgan fingerprint density at radius 2 is 1.85 bits per heavy atom. The predicted molar refractivity (Wildman–Crippen MR) is 101 cm³/mol. The first kappa shape index (κ1) is 20.4. The van der Waals surface area contributed by atoms with Gasteiger partial charge in [0.05, 0.1) is 6.10 Å². The Hall–Kier alpha value is -2.93. The zero-order valence-electron chi connectivity index (χ0n) is 16.0. The number of ketones is 1. The van der Waals surface area contributed by atoms with Crippen molar-refractivity contribution in [2.24, 2.45) is 0 Å². The van der Waals surface area contributed by atoms with Crippen LogP contribution in [-0.2, 0) is 9.53 Å². The molecule has 0 saturated heterocycles. The van der Waals surface area contributed by atoms with Crippen molar-refractivity contribution in [2.75, 3.05) is 5.32 Å². The quantitative estimate of drug-likeness (QED) is 0.533. The molecular weight excluding hydrogens is 348 g/mol. The predicted octanol–water partition coefficient (Wildman–Crippen LogP) is 3.07. The molecule has 1 amide bonds. The molecule has 1 aromatic heterocycles. The number of amides is 1. The molecule has 0 aliphatic rings. The van der Waals surface area contributed by atoms with Gasteiger partial charge in [0.15, 0.2) is 11.9 Å². The van der Waals surface area contributed by atoms with Gasteiger partial charge in [0.1, 0.15) is 5.69 Å². The van der Waals surface area contributed by atoms with E-state index in [1.165, 1.54) is 13.8 Å². The van der Waals surface area contributed by atoms with Crippen LogP contribution in [0.2, 0.25) is 0 Å². The number of aryl methyl sites for hydroxylation is 1. The van der Waals surface area contributed by atoms with E-state index in [2.05, 4.69) is 10.3 Å². The molecule has 1 heterocycles. The van der Waals surface area contributed by atoms with E-state index >= 15 is 0 Å². The van der Waals surface area contributed by atoms with Crippen molar-refractivity contribution in [2.45, 2.75) is 46.8 Å². The number of Topliss-reactive ketones (excluding diaryl/α,β-unsaturated/α-hetero) is 1. The molecule has 144 valence electrons. The van der Waals surface area contributed by atoms with Crippen LogP contribution in [0, 0.1) is 13.8 Å². The molecule has 0 spiro atoms. The first-order valence-corrected chi connectivity index (χ1v) is 8.61. The molecule has 3 N–H and O–H groups in total. The molecule has 7 heteroatoms. The summed E-state index contributed by atoms with van der Waals surface area (Å²) in [7, 11) is 0. The second-order valence-electron chi connectivity index (χ2n) is 6.51. The number of hydrogen-bond donors (Lipinski definition) is 3. The highest BCUT2D eigenvalue weighted by Gasteiger charge is 2.24. The maximum Gasteiger partial charge on any atom is 0.355 e. The standard InChI is InChI=1S/C20H24N2O5/c1-10-17(13(4)24)11(2)21-18(10)20(26)27-14(5)19(25)22-16-8-6-7-15(9-16)12(3)23/h6-9,13-14,21,24H,1-5H3,(H,22,25)/t13-,14+/m0/s1. The summed E-state index contributed by atoms with van der Waals surface area (Å²) in [5, 5.41) is 12.4. The molecule has 0 radical (unpaired) electrons. The fourth-order valence-corrected chi connectivity index (χ4v) is 2.93. The summed E-state index contributed by atoms with van der Waals surface area (Å²) in [6.07, 6.45) is -1.77. The number of H-pyrrole nitrogens is 1. The molecule has 0 fully saturated rings. The third kappa shape index (κ3) is 4.62. The number of anilines is 1. The lowest BCUT2D eigenvalue weighted by Gasteiger charge is -2.14. The topological polar surface area (TPSA) is 108 Å². The summed E-state index contributed by atoms with van der Waals surface area (Å²) in [4.78, 5) is 39.0. The van der Waals surface area contributed by atoms with E-state index in [0.717, 1.165) is 0 Å². The number of hydrogen-bond acceptors (Lipinski definition) is 5. The van der Waals surface area contributed by atoms with E-state index in [9.17, 15) is 19.5 Å². The lowest BCUT2D eigenvalue weighted by molar-refractivity contribution is -0.123. The minimum Gasteiger partial charge on any atom is -0.448 e. The van der Waals surface area contributed by atoms with Gasteiger partial charge in [0, 0.05) is 22.5 Å². The largest absolute Gasteiger partial charge is 0.448 e. The van der Waals surface area contributed by atoms with E-state index in [4.69, 9.17) is 4.74 Å². The fourth-order valence-electron chi connectivity index (χ4n) is 2.93. The number of carbonyl (C=O) groups is 3. The number of aliphatic hydroxyl groups is 1. The Morgan fingerprint density at radius 3 is 2.41 bits per heavy atom. The van der Waals surface area contributed by atoms with Crippen molar-refractivity contribution in [1.29, 1.82) is 0 Å². The molecule has 2 rings (SSSR count). The summed E-state index contributed by atoms with van der Waals surface area (Å²) < 4.78 is 5.25. The lowest BCUT2D eigenvalue weighted by atomic mass is 10.1. The molecule has 2 aromatic rings. The van der Waals surface area contributed by atoms with E-state index in [0.29, 0.717) is 28.1 Å². The molecule has 0 aliphatic carbocycles. The van der Waals surface area contributed by atoms with Gasteiger partial charge < -0.3 is 20.1 Å². The van der Waals surface area contributed by atoms with Crippen LogP contribution in [0.15, 0.2) is 24.3 Å². The van der Waals surface area contributed by atoms with Crippen molar-refractivity contribution in [3.8, 4) is 0 Å². The molecule has 27 heavy (non-hydrogen) atoms. The molecule has 0 aliphatic heterocycles. The lowest BCUT2D eigenvalue weighted by Crippen LogP contribution is -2.30. The summed E-state index contributed by atoms with van der Waals surface area (Å²) in [6.45, 7) is 7.98. The average Bonchev–Trinajstić information content (AvgIpc) is 2.89. The van der Waals surface area contributed by atoms with Crippen molar-refractivity contribution in [3.05, 3.63) is 52.3 Å². The number of nitrogens with one attached hydrogen (secondary N) is 2. The van der Waals surface area contributed by atoms with Crippen LogP contribution in [0.25, 0.3) is 0 Å². The van der Waals surface area contributed by atoms with E-state index in [1.54, 1.807) is 45.0 Å². The Morgan fingerprint density at radius 1 is 1.19 bits per heavy atom. The van der Waals surface area contributed by atoms with Gasteiger partial charge in [-0.05, 0) is 52.3 Å². The van der Waals surface area contributed by atoms with Crippen molar-refractivity contribution >= 4 is 23.3 Å². The molecular formula is C20H24N2O5. The van der Waals surface area contributed by atoms with Gasteiger partial charge in [-0.3, -0.25) is 9.59 Å². The highest BCUT2D eigenvalue weighted by atomic mass is 16.5. The molecule has 7 nitrogen and oxygen atoms in total. The Balaban J connectivity index is 2.08. The summed E-state index contributed by atoms with van der Waals surface area (Å²) >= 11 is 0. The maximum absolute atomic E-state index is 12.4. The third-order valence-electron chi connectivity index (χ3n) is 4.31. The van der Waals surface area contributed by atoms with E-state index < -0.39 is 24.1 Å². The Bertz CT molecular complexity index is 882. The first-order valence-electron chi connectivity index (χ1n) is 8.61. The van der Waals surface area contributed by atoms with Crippen LogP contribution in [0.3, 0.4) is 0 Å². The highest BCUT2D eigenvalue weighted by molar-refractivity contribution is 5.99. The number of aromatic amines is 1. The summed E-state index contributed by atoms with van der Waals surface area (Å²) in [5.41, 5.74) is 3.03. The molecule has 2 atom stereocenters. The zero-order chi connectivity index (χ0) is 20.3. The number of benzene rings is 1. The molecule has 1 aromatic carbocycles. The minimum atomic E-state index is -1.04. The second kappa shape index (κ2) is 8.18. The highest BCUT2D eigenvalue weighted by Crippen LogP contribution is 2.25. The number of rotatable bonds is 6. The summed E-state index contributed by atoms with van der Waals surface area (Å²) in [5.74, 6) is -1.31.